The van der Waals surface area contributed by atoms with E-state index in [0.717, 1.165) is 22.3 Å². The van der Waals surface area contributed by atoms with Gasteiger partial charge in [-0.3, -0.25) is 9.59 Å². The summed E-state index contributed by atoms with van der Waals surface area (Å²) in [5.74, 6) is -0.262. The highest BCUT2D eigenvalue weighted by atomic mass is 16.3. The van der Waals surface area contributed by atoms with Crippen LogP contribution in [0.2, 0.25) is 0 Å². The lowest BCUT2D eigenvalue weighted by atomic mass is 9.99. The molecule has 2 rings (SSSR count). The maximum atomic E-state index is 12.3. The molecular formula is C21H25NO3. The first kappa shape index (κ1) is 18.9. The van der Waals surface area contributed by atoms with Crippen LogP contribution in [0.15, 0.2) is 42.5 Å². The second-order valence-corrected chi connectivity index (χ2v) is 6.42. The van der Waals surface area contributed by atoms with Crippen LogP contribution in [-0.4, -0.2) is 23.3 Å². The molecule has 0 heterocycles. The molecule has 0 aliphatic carbocycles. The fourth-order valence-electron chi connectivity index (χ4n) is 2.77. The maximum absolute atomic E-state index is 12.3. The molecule has 0 saturated carbocycles. The summed E-state index contributed by atoms with van der Waals surface area (Å²) in [5, 5.41) is 12.9. The fraction of sp³-hybridized carbons (Fsp3) is 0.333. The number of carbonyl (C=O) groups excluding carboxylic acids is 2. The average Bonchev–Trinajstić information content (AvgIpc) is 2.60. The Labute approximate surface area is 148 Å². The molecule has 4 heteroatoms. The van der Waals surface area contributed by atoms with Crippen molar-refractivity contribution in [2.45, 2.75) is 39.7 Å². The van der Waals surface area contributed by atoms with Crippen LogP contribution in [0, 0.1) is 20.8 Å². The third-order valence-corrected chi connectivity index (χ3v) is 4.31. The number of hydrogen-bond acceptors (Lipinski definition) is 3. The standard InChI is InChI=1S/C21H25NO3/c1-14-8-9-16(3)18(12-14)19(23)10-11-21(25)22-13-20(24)17-7-5-4-6-15(17)2/h4-9,12,20,24H,10-11,13H2,1-3H3,(H,22,25). The lowest BCUT2D eigenvalue weighted by Crippen LogP contribution is -2.28. The van der Waals surface area contributed by atoms with Gasteiger partial charge in [-0.05, 0) is 43.5 Å². The molecule has 2 aromatic rings. The Bertz CT molecular complexity index is 767. The van der Waals surface area contributed by atoms with E-state index in [4.69, 9.17) is 0 Å². The van der Waals surface area contributed by atoms with Crippen LogP contribution in [0.4, 0.5) is 0 Å². The summed E-state index contributed by atoms with van der Waals surface area (Å²) in [4.78, 5) is 24.3. The number of rotatable bonds is 7. The van der Waals surface area contributed by atoms with Crippen molar-refractivity contribution in [3.05, 3.63) is 70.3 Å². The number of ketones is 1. The van der Waals surface area contributed by atoms with Crippen molar-refractivity contribution in [1.82, 2.24) is 5.32 Å². The summed E-state index contributed by atoms with van der Waals surface area (Å²) < 4.78 is 0. The van der Waals surface area contributed by atoms with Crippen LogP contribution < -0.4 is 5.32 Å². The SMILES string of the molecule is Cc1ccc(C)c(C(=O)CCC(=O)NCC(O)c2ccccc2C)c1. The van der Waals surface area contributed by atoms with Crippen molar-refractivity contribution in [2.75, 3.05) is 6.54 Å². The van der Waals surface area contributed by atoms with Gasteiger partial charge < -0.3 is 10.4 Å². The number of hydrogen-bond donors (Lipinski definition) is 2. The molecule has 1 amide bonds. The van der Waals surface area contributed by atoms with Gasteiger partial charge in [-0.15, -0.1) is 0 Å². The van der Waals surface area contributed by atoms with Crippen molar-refractivity contribution in [3.63, 3.8) is 0 Å². The quantitative estimate of drug-likeness (QED) is 0.760. The minimum absolute atomic E-state index is 0.0317. The van der Waals surface area contributed by atoms with Gasteiger partial charge in [0.2, 0.25) is 5.91 Å². The van der Waals surface area contributed by atoms with E-state index >= 15 is 0 Å². The van der Waals surface area contributed by atoms with Gasteiger partial charge >= 0.3 is 0 Å². The zero-order valence-corrected chi connectivity index (χ0v) is 15.0. The Kier molecular flexibility index (Phi) is 6.48. The molecule has 0 aliphatic heterocycles. The number of aliphatic hydroxyl groups is 1. The number of benzene rings is 2. The molecule has 132 valence electrons. The van der Waals surface area contributed by atoms with E-state index in [-0.39, 0.29) is 31.1 Å². The highest BCUT2D eigenvalue weighted by molar-refractivity contribution is 5.99. The van der Waals surface area contributed by atoms with Crippen LogP contribution in [0.1, 0.15) is 51.6 Å². The first-order chi connectivity index (χ1) is 11.9. The van der Waals surface area contributed by atoms with E-state index in [2.05, 4.69) is 5.32 Å². The van der Waals surface area contributed by atoms with Crippen molar-refractivity contribution in [1.29, 1.82) is 0 Å². The molecule has 0 saturated heterocycles. The number of aliphatic hydroxyl groups excluding tert-OH is 1. The molecule has 0 bridgehead atoms. The van der Waals surface area contributed by atoms with Gasteiger partial charge in [-0.1, -0.05) is 42.0 Å². The first-order valence-corrected chi connectivity index (χ1v) is 8.49. The van der Waals surface area contributed by atoms with E-state index in [1.54, 1.807) is 0 Å². The highest BCUT2D eigenvalue weighted by Crippen LogP contribution is 2.17. The number of aryl methyl sites for hydroxylation is 3. The Morgan fingerprint density at radius 3 is 2.44 bits per heavy atom. The van der Waals surface area contributed by atoms with Gasteiger partial charge in [0.25, 0.3) is 0 Å². The second kappa shape index (κ2) is 8.58. The van der Waals surface area contributed by atoms with Gasteiger partial charge in [-0.2, -0.15) is 0 Å². The van der Waals surface area contributed by atoms with E-state index in [1.807, 2.05) is 63.2 Å². The minimum Gasteiger partial charge on any atom is -0.387 e. The van der Waals surface area contributed by atoms with Gasteiger partial charge in [0.1, 0.15) is 0 Å². The molecule has 1 atom stereocenters. The minimum atomic E-state index is -0.750. The van der Waals surface area contributed by atoms with Crippen LogP contribution in [-0.2, 0) is 4.79 Å². The van der Waals surface area contributed by atoms with E-state index in [1.165, 1.54) is 0 Å². The number of nitrogens with one attached hydrogen (secondary N) is 1. The van der Waals surface area contributed by atoms with Crippen molar-refractivity contribution < 1.29 is 14.7 Å². The Balaban J connectivity index is 1.83. The summed E-state index contributed by atoms with van der Waals surface area (Å²) >= 11 is 0. The second-order valence-electron chi connectivity index (χ2n) is 6.42. The normalized spacial score (nSPS) is 11.8. The smallest absolute Gasteiger partial charge is 0.220 e. The molecule has 2 N–H and O–H groups in total. The lowest BCUT2D eigenvalue weighted by molar-refractivity contribution is -0.121. The zero-order chi connectivity index (χ0) is 18.4. The number of amides is 1. The average molecular weight is 339 g/mol. The third-order valence-electron chi connectivity index (χ3n) is 4.31. The maximum Gasteiger partial charge on any atom is 0.220 e. The van der Waals surface area contributed by atoms with Crippen LogP contribution in [0.25, 0.3) is 0 Å². The van der Waals surface area contributed by atoms with E-state index in [9.17, 15) is 14.7 Å². The summed E-state index contributed by atoms with van der Waals surface area (Å²) in [6.45, 7) is 5.89. The molecule has 2 aromatic carbocycles. The lowest BCUT2D eigenvalue weighted by Gasteiger charge is -2.14. The summed E-state index contributed by atoms with van der Waals surface area (Å²) in [6.07, 6.45) is -0.469. The van der Waals surface area contributed by atoms with Gasteiger partial charge in [0, 0.05) is 24.9 Å². The van der Waals surface area contributed by atoms with Crippen LogP contribution in [0.3, 0.4) is 0 Å². The summed E-state index contributed by atoms with van der Waals surface area (Å²) in [6, 6.07) is 13.3. The van der Waals surface area contributed by atoms with Crippen LogP contribution in [0.5, 0.6) is 0 Å². The monoisotopic (exact) mass is 339 g/mol. The zero-order valence-electron chi connectivity index (χ0n) is 15.0. The highest BCUT2D eigenvalue weighted by Gasteiger charge is 2.14. The van der Waals surface area contributed by atoms with E-state index in [0.29, 0.717) is 5.56 Å². The van der Waals surface area contributed by atoms with Gasteiger partial charge in [0.15, 0.2) is 5.78 Å². The van der Waals surface area contributed by atoms with Crippen molar-refractivity contribution >= 4 is 11.7 Å². The van der Waals surface area contributed by atoms with Crippen molar-refractivity contribution in [2.24, 2.45) is 0 Å². The van der Waals surface area contributed by atoms with Crippen LogP contribution >= 0.6 is 0 Å². The molecule has 0 radical (unpaired) electrons. The largest absolute Gasteiger partial charge is 0.387 e. The Morgan fingerprint density at radius 2 is 1.72 bits per heavy atom. The summed E-state index contributed by atoms with van der Waals surface area (Å²) in [7, 11) is 0. The molecule has 0 spiro atoms. The molecule has 0 fully saturated rings. The summed E-state index contributed by atoms with van der Waals surface area (Å²) in [5.41, 5.74) is 4.40. The molecule has 4 nitrogen and oxygen atoms in total. The molecular weight excluding hydrogens is 314 g/mol. The van der Waals surface area contributed by atoms with Gasteiger partial charge in [0.05, 0.1) is 6.10 Å². The first-order valence-electron chi connectivity index (χ1n) is 8.49. The predicted molar refractivity (Wildman–Crippen MR) is 98.6 cm³/mol. The topological polar surface area (TPSA) is 66.4 Å². The molecule has 0 aliphatic rings. The molecule has 0 aromatic heterocycles. The number of carbonyl (C=O) groups is 2. The number of Topliss-reactive ketones (excluding diaryl/α,β-unsaturated/α-hetero) is 1. The third kappa shape index (κ3) is 5.26. The van der Waals surface area contributed by atoms with Gasteiger partial charge in [-0.25, -0.2) is 0 Å². The van der Waals surface area contributed by atoms with Crippen molar-refractivity contribution in [3.8, 4) is 0 Å². The fourth-order valence-corrected chi connectivity index (χ4v) is 2.77. The Hall–Kier alpha value is -2.46. The molecule has 25 heavy (non-hydrogen) atoms. The predicted octanol–water partition coefficient (Wildman–Crippen LogP) is 3.42. The Morgan fingerprint density at radius 1 is 1.00 bits per heavy atom. The van der Waals surface area contributed by atoms with E-state index < -0.39 is 6.10 Å². The molecule has 1 unspecified atom stereocenters.